The molecule has 3 atom stereocenters. The third-order valence-electron chi connectivity index (χ3n) is 5.58. The SMILES string of the molecule is Cl.Cl.Cn1cc([C@H]2CNC[C@@H]2C(=O)N2CCN3CCCC3C2)cn1. The van der Waals surface area contributed by atoms with Crippen LogP contribution in [-0.4, -0.2) is 70.8 Å². The third-order valence-corrected chi connectivity index (χ3v) is 5.58. The van der Waals surface area contributed by atoms with Crippen LogP contribution in [0.25, 0.3) is 0 Å². The van der Waals surface area contributed by atoms with Crippen LogP contribution in [0.15, 0.2) is 12.4 Å². The fourth-order valence-corrected chi connectivity index (χ4v) is 4.35. The summed E-state index contributed by atoms with van der Waals surface area (Å²) >= 11 is 0. The molecule has 1 N–H and O–H groups in total. The Balaban J connectivity index is 0.00000104. The summed E-state index contributed by atoms with van der Waals surface area (Å²) in [6, 6.07) is 0.601. The molecule has 3 aliphatic heterocycles. The van der Waals surface area contributed by atoms with Gasteiger partial charge in [0.1, 0.15) is 0 Å². The van der Waals surface area contributed by atoms with Crippen molar-refractivity contribution in [3.05, 3.63) is 18.0 Å². The molecule has 136 valence electrons. The van der Waals surface area contributed by atoms with Gasteiger partial charge in [-0.3, -0.25) is 14.4 Å². The van der Waals surface area contributed by atoms with Crippen LogP contribution in [0.3, 0.4) is 0 Å². The molecule has 0 saturated carbocycles. The summed E-state index contributed by atoms with van der Waals surface area (Å²) in [5, 5.41) is 7.67. The highest BCUT2D eigenvalue weighted by Crippen LogP contribution is 2.31. The average molecular weight is 376 g/mol. The van der Waals surface area contributed by atoms with Crippen LogP contribution in [0.2, 0.25) is 0 Å². The first kappa shape index (κ1) is 19.5. The zero-order valence-electron chi connectivity index (χ0n) is 14.1. The second-order valence-electron chi connectivity index (χ2n) is 6.93. The number of aryl methyl sites for hydroxylation is 1. The quantitative estimate of drug-likeness (QED) is 0.833. The first-order valence-corrected chi connectivity index (χ1v) is 8.44. The monoisotopic (exact) mass is 375 g/mol. The summed E-state index contributed by atoms with van der Waals surface area (Å²) < 4.78 is 1.83. The summed E-state index contributed by atoms with van der Waals surface area (Å²) in [5.41, 5.74) is 1.19. The molecule has 1 amide bonds. The molecular weight excluding hydrogens is 349 g/mol. The Labute approximate surface area is 155 Å². The van der Waals surface area contributed by atoms with Gasteiger partial charge in [0.05, 0.1) is 12.1 Å². The Hall–Kier alpha value is -0.820. The van der Waals surface area contributed by atoms with Crippen LogP contribution in [0.4, 0.5) is 0 Å². The third kappa shape index (κ3) is 3.57. The zero-order chi connectivity index (χ0) is 15.1. The molecule has 3 aliphatic rings. The first-order valence-electron chi connectivity index (χ1n) is 8.44. The molecule has 1 unspecified atom stereocenters. The number of carbonyl (C=O) groups excluding carboxylic acids is 1. The lowest BCUT2D eigenvalue weighted by atomic mass is 9.89. The van der Waals surface area contributed by atoms with Crippen molar-refractivity contribution in [3.63, 3.8) is 0 Å². The van der Waals surface area contributed by atoms with Gasteiger partial charge in [0.25, 0.3) is 0 Å². The number of aromatic nitrogens is 2. The number of carbonyl (C=O) groups is 1. The molecule has 1 aromatic heterocycles. The summed E-state index contributed by atoms with van der Waals surface area (Å²) in [5.74, 6) is 0.672. The molecule has 0 radical (unpaired) electrons. The molecule has 0 aliphatic carbocycles. The molecule has 3 saturated heterocycles. The molecule has 4 heterocycles. The largest absolute Gasteiger partial charge is 0.340 e. The van der Waals surface area contributed by atoms with Crippen molar-refractivity contribution in [1.82, 2.24) is 24.9 Å². The van der Waals surface area contributed by atoms with E-state index in [2.05, 4.69) is 20.2 Å². The number of amides is 1. The van der Waals surface area contributed by atoms with Crippen LogP contribution in [0.5, 0.6) is 0 Å². The zero-order valence-corrected chi connectivity index (χ0v) is 15.7. The lowest BCUT2D eigenvalue weighted by Gasteiger charge is -2.39. The van der Waals surface area contributed by atoms with Crippen molar-refractivity contribution in [1.29, 1.82) is 0 Å². The number of hydrogen-bond donors (Lipinski definition) is 1. The molecular formula is C16H27Cl2N5O. The number of piperazine rings is 1. The minimum Gasteiger partial charge on any atom is -0.340 e. The maximum Gasteiger partial charge on any atom is 0.227 e. The van der Waals surface area contributed by atoms with E-state index in [1.54, 1.807) is 0 Å². The van der Waals surface area contributed by atoms with Crippen molar-refractivity contribution >= 4 is 30.7 Å². The Kier molecular flexibility index (Phi) is 6.53. The molecule has 8 heteroatoms. The highest BCUT2D eigenvalue weighted by molar-refractivity contribution is 5.85. The van der Waals surface area contributed by atoms with Gasteiger partial charge in [0.15, 0.2) is 0 Å². The van der Waals surface area contributed by atoms with E-state index in [4.69, 9.17) is 0 Å². The van der Waals surface area contributed by atoms with E-state index >= 15 is 0 Å². The number of fused-ring (bicyclic) bond motifs is 1. The molecule has 1 aromatic rings. The fraction of sp³-hybridized carbons (Fsp3) is 0.750. The molecule has 4 rings (SSSR count). The van der Waals surface area contributed by atoms with E-state index in [-0.39, 0.29) is 36.6 Å². The molecule has 6 nitrogen and oxygen atoms in total. The molecule has 24 heavy (non-hydrogen) atoms. The second-order valence-corrected chi connectivity index (χ2v) is 6.93. The summed E-state index contributed by atoms with van der Waals surface area (Å²) in [7, 11) is 1.93. The van der Waals surface area contributed by atoms with Gasteiger partial charge in [-0.25, -0.2) is 0 Å². The normalized spacial score (nSPS) is 29.7. The van der Waals surface area contributed by atoms with Gasteiger partial charge in [-0.15, -0.1) is 24.8 Å². The topological polar surface area (TPSA) is 53.4 Å². The van der Waals surface area contributed by atoms with E-state index in [1.165, 1.54) is 24.9 Å². The van der Waals surface area contributed by atoms with Crippen molar-refractivity contribution < 1.29 is 4.79 Å². The maximum absolute atomic E-state index is 13.0. The predicted molar refractivity (Wildman–Crippen MR) is 98.0 cm³/mol. The lowest BCUT2D eigenvalue weighted by molar-refractivity contribution is -0.138. The van der Waals surface area contributed by atoms with Crippen molar-refractivity contribution in [2.24, 2.45) is 13.0 Å². The van der Waals surface area contributed by atoms with Crippen molar-refractivity contribution in [2.45, 2.75) is 24.8 Å². The molecule has 0 spiro atoms. The standard InChI is InChI=1S/C16H25N5O.2ClH/c1-19-10-12(7-18-19)14-8-17-9-15(14)16(22)21-6-5-20-4-2-3-13(20)11-21;;/h7,10,13-15,17H,2-6,8-9,11H2,1H3;2*1H/t13?,14-,15+;;/m1../s1. The second kappa shape index (κ2) is 8.04. The number of halogens is 2. The van der Waals surface area contributed by atoms with E-state index in [9.17, 15) is 4.79 Å². The predicted octanol–water partition coefficient (Wildman–Crippen LogP) is 0.873. The smallest absolute Gasteiger partial charge is 0.227 e. The minimum atomic E-state index is 0. The van der Waals surface area contributed by atoms with Crippen LogP contribution in [0, 0.1) is 5.92 Å². The van der Waals surface area contributed by atoms with Gasteiger partial charge in [0.2, 0.25) is 5.91 Å². The van der Waals surface area contributed by atoms with Gasteiger partial charge in [-0.05, 0) is 24.9 Å². The summed E-state index contributed by atoms with van der Waals surface area (Å²) in [6.45, 7) is 5.76. The summed E-state index contributed by atoms with van der Waals surface area (Å²) in [6.07, 6.45) is 6.49. The van der Waals surface area contributed by atoms with E-state index in [1.807, 2.05) is 24.1 Å². The fourth-order valence-electron chi connectivity index (χ4n) is 4.35. The Morgan fingerprint density at radius 3 is 2.83 bits per heavy atom. The molecule has 3 fully saturated rings. The van der Waals surface area contributed by atoms with E-state index < -0.39 is 0 Å². The van der Waals surface area contributed by atoms with Crippen LogP contribution < -0.4 is 5.32 Å². The van der Waals surface area contributed by atoms with Gasteiger partial charge >= 0.3 is 0 Å². The number of rotatable bonds is 2. The highest BCUT2D eigenvalue weighted by Gasteiger charge is 2.40. The Bertz CT molecular complexity index is 566. The van der Waals surface area contributed by atoms with Gasteiger partial charge in [0, 0.05) is 57.9 Å². The highest BCUT2D eigenvalue weighted by atomic mass is 35.5. The molecule has 0 bridgehead atoms. The minimum absolute atomic E-state index is 0. The number of nitrogens with one attached hydrogen (secondary N) is 1. The van der Waals surface area contributed by atoms with Crippen molar-refractivity contribution in [3.8, 4) is 0 Å². The van der Waals surface area contributed by atoms with Gasteiger partial charge < -0.3 is 10.2 Å². The number of nitrogens with zero attached hydrogens (tertiary/aromatic N) is 4. The van der Waals surface area contributed by atoms with E-state index in [0.29, 0.717) is 11.9 Å². The average Bonchev–Trinajstić information content (AvgIpc) is 3.25. The lowest BCUT2D eigenvalue weighted by Crippen LogP contribution is -2.54. The Morgan fingerprint density at radius 1 is 1.25 bits per heavy atom. The first-order chi connectivity index (χ1) is 10.7. The Morgan fingerprint density at radius 2 is 2.08 bits per heavy atom. The van der Waals surface area contributed by atoms with Crippen LogP contribution in [0.1, 0.15) is 24.3 Å². The van der Waals surface area contributed by atoms with Gasteiger partial charge in [-0.1, -0.05) is 0 Å². The maximum atomic E-state index is 13.0. The summed E-state index contributed by atoms with van der Waals surface area (Å²) in [4.78, 5) is 17.7. The van der Waals surface area contributed by atoms with E-state index in [0.717, 1.165) is 32.7 Å². The van der Waals surface area contributed by atoms with Gasteiger partial charge in [-0.2, -0.15) is 5.10 Å². The van der Waals surface area contributed by atoms with Crippen molar-refractivity contribution in [2.75, 3.05) is 39.3 Å². The molecule has 0 aromatic carbocycles. The van der Waals surface area contributed by atoms with Crippen LogP contribution in [-0.2, 0) is 11.8 Å². The van der Waals surface area contributed by atoms with Crippen LogP contribution >= 0.6 is 24.8 Å². The number of hydrogen-bond acceptors (Lipinski definition) is 4.